The number of hydrogen-bond donors (Lipinski definition) is 2. The van der Waals surface area contributed by atoms with Gasteiger partial charge in [-0.1, -0.05) is 32.1 Å². The van der Waals surface area contributed by atoms with Crippen LogP contribution in [0.5, 0.6) is 0 Å². The van der Waals surface area contributed by atoms with Gasteiger partial charge in [0.25, 0.3) is 0 Å². The highest BCUT2D eigenvalue weighted by Gasteiger charge is 2.22. The summed E-state index contributed by atoms with van der Waals surface area (Å²) in [5, 5.41) is 6.84. The van der Waals surface area contributed by atoms with Crippen LogP contribution in [-0.2, 0) is 16.0 Å². The fourth-order valence-electron chi connectivity index (χ4n) is 2.52. The number of nitrogens with one attached hydrogen (secondary N) is 2. The number of aromatic nitrogens is 2. The minimum absolute atomic E-state index is 0.0359. The molecule has 2 N–H and O–H groups in total. The molecule has 3 heterocycles. The second kappa shape index (κ2) is 7.88. The van der Waals surface area contributed by atoms with Gasteiger partial charge < -0.3 is 15.1 Å². The monoisotopic (exact) mass is 380 g/mol. The van der Waals surface area contributed by atoms with Gasteiger partial charge in [-0.2, -0.15) is 0 Å². The number of rotatable bonds is 5. The molecule has 0 aromatic carbocycles. The molecule has 25 heavy (non-hydrogen) atoms. The molecule has 3 rings (SSSR count). The number of anilines is 1. The smallest absolute Gasteiger partial charge is 0.230 e. The third-order valence-electron chi connectivity index (χ3n) is 4.01. The molecule has 1 atom stereocenters. The number of piperidine rings is 1. The van der Waals surface area contributed by atoms with Crippen LogP contribution < -0.4 is 10.6 Å². The van der Waals surface area contributed by atoms with Crippen LogP contribution in [0.2, 0.25) is 0 Å². The van der Waals surface area contributed by atoms with Gasteiger partial charge in [-0.25, -0.2) is 9.97 Å². The van der Waals surface area contributed by atoms with E-state index >= 15 is 0 Å². The molecule has 1 aliphatic rings. The molecule has 0 spiro atoms. The summed E-state index contributed by atoms with van der Waals surface area (Å²) < 4.78 is 6.83. The maximum Gasteiger partial charge on any atom is 0.230 e. The van der Waals surface area contributed by atoms with Crippen LogP contribution in [0.25, 0.3) is 0 Å². The molecule has 1 amide bonds. The van der Waals surface area contributed by atoms with Crippen LogP contribution in [0.15, 0.2) is 21.0 Å². The second-order valence-electron chi connectivity index (χ2n) is 7.17. The van der Waals surface area contributed by atoms with Crippen LogP contribution in [0, 0.1) is 5.92 Å². The van der Waals surface area contributed by atoms with E-state index in [0.717, 1.165) is 35.9 Å². The first kappa shape index (κ1) is 18.4. The van der Waals surface area contributed by atoms with E-state index in [2.05, 4.69) is 41.4 Å². The van der Waals surface area contributed by atoms with Crippen molar-refractivity contribution in [3.05, 3.63) is 24.0 Å². The van der Waals surface area contributed by atoms with Crippen molar-refractivity contribution in [3.63, 3.8) is 0 Å². The zero-order valence-electron chi connectivity index (χ0n) is 14.8. The summed E-state index contributed by atoms with van der Waals surface area (Å²) in [6.45, 7) is 8.05. The summed E-state index contributed by atoms with van der Waals surface area (Å²) in [7, 11) is 0. The number of oxazole rings is 1. The summed E-state index contributed by atoms with van der Waals surface area (Å²) in [4.78, 5) is 20.9. The third kappa shape index (κ3) is 5.05. The van der Waals surface area contributed by atoms with Crippen LogP contribution >= 0.6 is 23.1 Å². The van der Waals surface area contributed by atoms with Crippen molar-refractivity contribution < 1.29 is 9.21 Å². The Bertz CT molecular complexity index is 714. The van der Waals surface area contributed by atoms with Gasteiger partial charge in [0.05, 0.1) is 28.3 Å². The van der Waals surface area contributed by atoms with Gasteiger partial charge in [-0.3, -0.25) is 4.79 Å². The molecular formula is C17H24N4O2S2. The molecule has 1 fully saturated rings. The van der Waals surface area contributed by atoms with E-state index in [1.165, 1.54) is 11.3 Å². The molecule has 0 radical (unpaired) electrons. The third-order valence-corrected chi connectivity index (χ3v) is 6.11. The first-order chi connectivity index (χ1) is 11.9. The van der Waals surface area contributed by atoms with Crippen LogP contribution in [0.3, 0.4) is 0 Å². The Morgan fingerprint density at radius 2 is 2.28 bits per heavy atom. The molecule has 1 saturated heterocycles. The van der Waals surface area contributed by atoms with E-state index in [4.69, 9.17) is 4.42 Å². The maximum atomic E-state index is 12.2. The predicted molar refractivity (Wildman–Crippen MR) is 101 cm³/mol. The second-order valence-corrected chi connectivity index (χ2v) is 9.48. The number of hydrogen-bond acceptors (Lipinski definition) is 7. The quantitative estimate of drug-likeness (QED) is 0.771. The van der Waals surface area contributed by atoms with Gasteiger partial charge in [-0.05, 0) is 19.4 Å². The predicted octanol–water partition coefficient (Wildman–Crippen LogP) is 3.66. The lowest BCUT2D eigenvalue weighted by Crippen LogP contribution is -2.37. The molecule has 0 saturated carbocycles. The molecule has 0 bridgehead atoms. The van der Waals surface area contributed by atoms with Crippen molar-refractivity contribution in [2.24, 2.45) is 5.92 Å². The highest BCUT2D eigenvalue weighted by molar-refractivity contribution is 8.00. The summed E-state index contributed by atoms with van der Waals surface area (Å²) in [5.74, 6) is 2.35. The minimum atomic E-state index is -0.0359. The standard InChI is InChI=1S/C17H24N4O2S2/c1-17(2,3)12-8-19-13(23-12)10-24-14-9-20-16(25-14)21-15(22)11-5-4-6-18-7-11/h8-9,11,18H,4-7,10H2,1-3H3,(H,20,21,22)/t11-/m0/s1. The molecule has 0 aliphatic carbocycles. The summed E-state index contributed by atoms with van der Waals surface area (Å²) >= 11 is 3.10. The lowest BCUT2D eigenvalue weighted by Gasteiger charge is -2.21. The normalized spacial score (nSPS) is 18.3. The van der Waals surface area contributed by atoms with E-state index in [9.17, 15) is 4.79 Å². The highest BCUT2D eigenvalue weighted by Crippen LogP contribution is 2.32. The molecule has 136 valence electrons. The molecule has 2 aromatic rings. The summed E-state index contributed by atoms with van der Waals surface area (Å²) in [5.41, 5.74) is -0.0359. The Morgan fingerprint density at radius 1 is 1.44 bits per heavy atom. The van der Waals surface area contributed by atoms with E-state index in [1.807, 2.05) is 0 Å². The van der Waals surface area contributed by atoms with Gasteiger partial charge in [0.1, 0.15) is 5.76 Å². The van der Waals surface area contributed by atoms with E-state index < -0.39 is 0 Å². The fourth-order valence-corrected chi connectivity index (χ4v) is 4.25. The van der Waals surface area contributed by atoms with Crippen molar-refractivity contribution in [2.45, 2.75) is 49.0 Å². The van der Waals surface area contributed by atoms with Crippen molar-refractivity contribution in [1.82, 2.24) is 15.3 Å². The lowest BCUT2D eigenvalue weighted by molar-refractivity contribution is -0.120. The van der Waals surface area contributed by atoms with E-state index in [-0.39, 0.29) is 17.2 Å². The molecule has 2 aromatic heterocycles. The first-order valence-corrected chi connectivity index (χ1v) is 10.3. The molecule has 0 unspecified atom stereocenters. The Morgan fingerprint density at radius 3 is 2.96 bits per heavy atom. The van der Waals surface area contributed by atoms with Crippen molar-refractivity contribution in [2.75, 3.05) is 18.4 Å². The minimum Gasteiger partial charge on any atom is -0.444 e. The molecule has 6 nitrogen and oxygen atoms in total. The van der Waals surface area contributed by atoms with Gasteiger partial charge in [0, 0.05) is 12.0 Å². The zero-order chi connectivity index (χ0) is 17.9. The van der Waals surface area contributed by atoms with Crippen molar-refractivity contribution in [1.29, 1.82) is 0 Å². The summed E-state index contributed by atoms with van der Waals surface area (Å²) in [6, 6.07) is 0. The Balaban J connectivity index is 1.51. The molecule has 1 aliphatic heterocycles. The number of amides is 1. The van der Waals surface area contributed by atoms with E-state index in [0.29, 0.717) is 16.8 Å². The number of carbonyl (C=O) groups is 1. The van der Waals surface area contributed by atoms with Crippen LogP contribution in [0.4, 0.5) is 5.13 Å². The Labute approximate surface area is 156 Å². The number of thiazole rings is 1. The highest BCUT2D eigenvalue weighted by atomic mass is 32.2. The molecular weight excluding hydrogens is 356 g/mol. The van der Waals surface area contributed by atoms with Crippen LogP contribution in [-0.4, -0.2) is 29.0 Å². The van der Waals surface area contributed by atoms with Gasteiger partial charge in [-0.15, -0.1) is 11.8 Å². The number of carbonyl (C=O) groups excluding carboxylic acids is 1. The Hall–Kier alpha value is -1.38. The van der Waals surface area contributed by atoms with Gasteiger partial charge >= 0.3 is 0 Å². The summed E-state index contributed by atoms with van der Waals surface area (Å²) in [6.07, 6.45) is 5.57. The average molecular weight is 381 g/mol. The van der Waals surface area contributed by atoms with Crippen molar-refractivity contribution >= 4 is 34.1 Å². The van der Waals surface area contributed by atoms with Gasteiger partial charge in [0.15, 0.2) is 5.13 Å². The SMILES string of the molecule is CC(C)(C)c1cnc(CSc2cnc(NC(=O)[C@H]3CCCNC3)s2)o1. The lowest BCUT2D eigenvalue weighted by atomic mass is 9.94. The zero-order valence-corrected chi connectivity index (χ0v) is 16.4. The van der Waals surface area contributed by atoms with Gasteiger partial charge in [0.2, 0.25) is 11.8 Å². The number of nitrogens with zero attached hydrogens (tertiary/aromatic N) is 2. The average Bonchev–Trinajstić information content (AvgIpc) is 3.22. The maximum absolute atomic E-state index is 12.2. The topological polar surface area (TPSA) is 80.0 Å². The van der Waals surface area contributed by atoms with Crippen molar-refractivity contribution in [3.8, 4) is 0 Å². The van der Waals surface area contributed by atoms with E-state index in [1.54, 1.807) is 24.2 Å². The van der Waals surface area contributed by atoms with Crippen LogP contribution in [0.1, 0.15) is 45.3 Å². The molecule has 8 heteroatoms. The Kier molecular flexibility index (Phi) is 5.81. The fraction of sp³-hybridized carbons (Fsp3) is 0.588. The first-order valence-electron chi connectivity index (χ1n) is 8.47. The number of thioether (sulfide) groups is 1. The largest absolute Gasteiger partial charge is 0.444 e.